The van der Waals surface area contributed by atoms with Gasteiger partial charge in [-0.05, 0) is 54.7 Å². The maximum Gasteiger partial charge on any atom is 0.123 e. The number of hydrogen-bond acceptors (Lipinski definition) is 3. The van der Waals surface area contributed by atoms with E-state index >= 15 is 0 Å². The normalized spacial score (nSPS) is 21.2. The molecule has 152 valence electrons. The topological polar surface area (TPSA) is 42.4 Å². The lowest BCUT2D eigenvalue weighted by atomic mass is 9.66. The van der Waals surface area contributed by atoms with E-state index < -0.39 is 0 Å². The van der Waals surface area contributed by atoms with Gasteiger partial charge < -0.3 is 9.84 Å². The number of benzene rings is 1. The van der Waals surface area contributed by atoms with E-state index in [1.807, 2.05) is 12.4 Å². The molecule has 1 aliphatic heterocycles. The van der Waals surface area contributed by atoms with Gasteiger partial charge in [0.25, 0.3) is 0 Å². The third-order valence-corrected chi connectivity index (χ3v) is 6.33. The van der Waals surface area contributed by atoms with Crippen molar-refractivity contribution in [3.63, 3.8) is 0 Å². The summed E-state index contributed by atoms with van der Waals surface area (Å²) < 4.78 is 6.25. The molecular formula is C25H35NO2. The van der Waals surface area contributed by atoms with E-state index in [4.69, 9.17) is 9.84 Å². The molecule has 2 aromatic rings. The summed E-state index contributed by atoms with van der Waals surface area (Å²) in [7, 11) is 0. The Morgan fingerprint density at radius 1 is 1.00 bits per heavy atom. The summed E-state index contributed by atoms with van der Waals surface area (Å²) in [5, 5.41) is 8.88. The van der Waals surface area contributed by atoms with Crippen molar-refractivity contribution >= 4 is 0 Å². The second-order valence-corrected chi connectivity index (χ2v) is 8.52. The van der Waals surface area contributed by atoms with Crippen LogP contribution in [0.25, 0.3) is 0 Å². The van der Waals surface area contributed by atoms with Crippen LogP contribution < -0.4 is 4.74 Å². The highest BCUT2D eigenvalue weighted by atomic mass is 16.5. The maximum absolute atomic E-state index is 8.88. The van der Waals surface area contributed by atoms with E-state index in [-0.39, 0.29) is 5.41 Å². The number of ether oxygens (including phenoxy) is 1. The molecule has 0 spiro atoms. The van der Waals surface area contributed by atoms with Gasteiger partial charge in [0, 0.05) is 30.3 Å². The Balaban J connectivity index is 1.68. The highest BCUT2D eigenvalue weighted by Gasteiger charge is 2.42. The molecule has 0 aliphatic carbocycles. The molecule has 0 bridgehead atoms. The minimum absolute atomic E-state index is 0.0215. The number of hydrogen-bond donors (Lipinski definition) is 1. The van der Waals surface area contributed by atoms with Gasteiger partial charge in [0.15, 0.2) is 0 Å². The van der Waals surface area contributed by atoms with Crippen molar-refractivity contribution in [2.24, 2.45) is 0 Å². The fraction of sp³-hybridized carbons (Fsp3) is 0.560. The summed E-state index contributed by atoms with van der Waals surface area (Å²) in [6, 6.07) is 11.0. The van der Waals surface area contributed by atoms with Crippen molar-refractivity contribution in [2.45, 2.75) is 76.5 Å². The molecule has 2 heterocycles. The lowest BCUT2D eigenvalue weighted by Gasteiger charge is -2.43. The zero-order valence-electron chi connectivity index (χ0n) is 17.5. The number of aryl methyl sites for hydroxylation is 1. The molecule has 1 aromatic heterocycles. The number of fused-ring (bicyclic) bond motifs is 1. The molecule has 1 N–H and O–H groups in total. The SMILES string of the molecule is Cc1ccc2c(c1)OCC(C)(c1ccncc1)C2CCCCCCCCCO. The minimum Gasteiger partial charge on any atom is -0.492 e. The van der Waals surface area contributed by atoms with Crippen molar-refractivity contribution in [1.29, 1.82) is 0 Å². The molecule has 28 heavy (non-hydrogen) atoms. The van der Waals surface area contributed by atoms with Crippen molar-refractivity contribution < 1.29 is 9.84 Å². The Morgan fingerprint density at radius 2 is 1.68 bits per heavy atom. The zero-order valence-corrected chi connectivity index (χ0v) is 17.5. The molecule has 3 nitrogen and oxygen atoms in total. The predicted molar refractivity (Wildman–Crippen MR) is 115 cm³/mol. The Labute approximate surface area is 170 Å². The van der Waals surface area contributed by atoms with E-state index in [0.29, 0.717) is 12.5 Å². The molecule has 1 aromatic carbocycles. The number of rotatable bonds is 10. The summed E-state index contributed by atoms with van der Waals surface area (Å²) in [6.45, 7) is 5.53. The van der Waals surface area contributed by atoms with Crippen LogP contribution >= 0.6 is 0 Å². The van der Waals surface area contributed by atoms with Gasteiger partial charge in [-0.3, -0.25) is 4.98 Å². The fourth-order valence-corrected chi connectivity index (χ4v) is 4.56. The van der Waals surface area contributed by atoms with Crippen molar-refractivity contribution in [3.8, 4) is 5.75 Å². The first-order valence-electron chi connectivity index (χ1n) is 10.9. The predicted octanol–water partition coefficient (Wildman–Crippen LogP) is 5.94. The van der Waals surface area contributed by atoms with Gasteiger partial charge in [-0.25, -0.2) is 0 Å². The van der Waals surface area contributed by atoms with Crippen LogP contribution in [0.3, 0.4) is 0 Å². The quantitative estimate of drug-likeness (QED) is 0.518. The first-order valence-corrected chi connectivity index (χ1v) is 10.9. The van der Waals surface area contributed by atoms with Crippen LogP contribution in [0.2, 0.25) is 0 Å². The largest absolute Gasteiger partial charge is 0.492 e. The average molecular weight is 382 g/mol. The minimum atomic E-state index is -0.0215. The van der Waals surface area contributed by atoms with Gasteiger partial charge in [-0.1, -0.05) is 57.6 Å². The number of nitrogens with zero attached hydrogens (tertiary/aromatic N) is 1. The molecule has 3 heteroatoms. The van der Waals surface area contributed by atoms with Crippen molar-refractivity contribution in [2.75, 3.05) is 13.2 Å². The standard InChI is InChI=1S/C25H35NO2/c1-20-11-12-22-23(10-8-6-4-3-5-7-9-17-27)25(2,19-28-24(22)18-20)21-13-15-26-16-14-21/h11-16,18,23,27H,3-10,17,19H2,1-2H3. The van der Waals surface area contributed by atoms with Gasteiger partial charge in [0.05, 0.1) is 6.61 Å². The van der Waals surface area contributed by atoms with Gasteiger partial charge in [-0.15, -0.1) is 0 Å². The summed E-state index contributed by atoms with van der Waals surface area (Å²) >= 11 is 0. The van der Waals surface area contributed by atoms with Crippen LogP contribution in [0, 0.1) is 6.92 Å². The smallest absolute Gasteiger partial charge is 0.123 e. The number of aliphatic hydroxyl groups is 1. The molecule has 0 fully saturated rings. The van der Waals surface area contributed by atoms with Gasteiger partial charge in [0.2, 0.25) is 0 Å². The van der Waals surface area contributed by atoms with E-state index in [1.165, 1.54) is 55.2 Å². The third-order valence-electron chi connectivity index (χ3n) is 6.33. The molecular weight excluding hydrogens is 346 g/mol. The second-order valence-electron chi connectivity index (χ2n) is 8.52. The molecule has 0 saturated heterocycles. The highest BCUT2D eigenvalue weighted by molar-refractivity contribution is 5.45. The van der Waals surface area contributed by atoms with E-state index in [9.17, 15) is 0 Å². The van der Waals surface area contributed by atoms with E-state index in [1.54, 1.807) is 0 Å². The van der Waals surface area contributed by atoms with Gasteiger partial charge in [-0.2, -0.15) is 0 Å². The van der Waals surface area contributed by atoms with Gasteiger partial charge >= 0.3 is 0 Å². The first kappa shape index (κ1) is 20.9. The molecule has 0 saturated carbocycles. The summed E-state index contributed by atoms with van der Waals surface area (Å²) in [4.78, 5) is 4.21. The van der Waals surface area contributed by atoms with E-state index in [2.05, 4.69) is 49.2 Å². The van der Waals surface area contributed by atoms with Crippen LogP contribution in [0.4, 0.5) is 0 Å². The Morgan fingerprint density at radius 3 is 2.39 bits per heavy atom. The Kier molecular flexibility index (Phi) is 7.50. The molecule has 1 aliphatic rings. The molecule has 2 unspecified atom stereocenters. The van der Waals surface area contributed by atoms with Crippen LogP contribution in [0.5, 0.6) is 5.75 Å². The summed E-state index contributed by atoms with van der Waals surface area (Å²) in [5.41, 5.74) is 3.92. The summed E-state index contributed by atoms with van der Waals surface area (Å²) in [6.07, 6.45) is 13.4. The molecule has 0 radical (unpaired) electrons. The number of aliphatic hydroxyl groups excluding tert-OH is 1. The summed E-state index contributed by atoms with van der Waals surface area (Å²) in [5.74, 6) is 1.54. The monoisotopic (exact) mass is 381 g/mol. The van der Waals surface area contributed by atoms with E-state index in [0.717, 1.165) is 25.2 Å². The fourth-order valence-electron chi connectivity index (χ4n) is 4.56. The van der Waals surface area contributed by atoms with Crippen LogP contribution in [-0.2, 0) is 5.41 Å². The number of unbranched alkanes of at least 4 members (excludes halogenated alkanes) is 6. The lowest BCUT2D eigenvalue weighted by molar-refractivity contribution is 0.162. The number of pyridine rings is 1. The zero-order chi connectivity index (χ0) is 19.8. The average Bonchev–Trinajstić information content (AvgIpc) is 2.72. The van der Waals surface area contributed by atoms with Gasteiger partial charge in [0.1, 0.15) is 5.75 Å². The van der Waals surface area contributed by atoms with Crippen LogP contribution in [0.1, 0.15) is 80.9 Å². The Bertz CT molecular complexity index is 731. The highest BCUT2D eigenvalue weighted by Crippen LogP contribution is 2.49. The second kappa shape index (κ2) is 10.1. The lowest BCUT2D eigenvalue weighted by Crippen LogP contribution is -2.40. The van der Waals surface area contributed by atoms with Crippen molar-refractivity contribution in [3.05, 3.63) is 59.4 Å². The van der Waals surface area contributed by atoms with Crippen LogP contribution in [-0.4, -0.2) is 23.3 Å². The third kappa shape index (κ3) is 4.94. The number of aromatic nitrogens is 1. The molecule has 3 rings (SSSR count). The van der Waals surface area contributed by atoms with Crippen LogP contribution in [0.15, 0.2) is 42.7 Å². The van der Waals surface area contributed by atoms with Crippen molar-refractivity contribution in [1.82, 2.24) is 4.98 Å². The maximum atomic E-state index is 8.88. The molecule has 0 amide bonds. The Hall–Kier alpha value is -1.87. The first-order chi connectivity index (χ1) is 13.6. The molecule has 2 atom stereocenters.